The summed E-state index contributed by atoms with van der Waals surface area (Å²) < 4.78 is 9.28. The summed E-state index contributed by atoms with van der Waals surface area (Å²) in [7, 11) is 0. The Bertz CT molecular complexity index is 2330. The van der Waals surface area contributed by atoms with Crippen LogP contribution in [-0.2, 0) is 6.42 Å². The summed E-state index contributed by atoms with van der Waals surface area (Å²) in [4.78, 5) is 0. The summed E-state index contributed by atoms with van der Waals surface area (Å²) >= 11 is 1.93. The molecule has 0 radical (unpaired) electrons. The molecule has 2 atom stereocenters. The fourth-order valence-electron chi connectivity index (χ4n) is 7.53. The van der Waals surface area contributed by atoms with E-state index in [-0.39, 0.29) is 5.92 Å². The van der Waals surface area contributed by atoms with Gasteiger partial charge in [-0.3, -0.25) is 0 Å². The van der Waals surface area contributed by atoms with Gasteiger partial charge in [-0.1, -0.05) is 116 Å². The molecule has 2 unspecified atom stereocenters. The predicted octanol–water partition coefficient (Wildman–Crippen LogP) is 11.9. The molecule has 0 saturated carbocycles. The lowest BCUT2D eigenvalue weighted by molar-refractivity contribution is 0.659. The van der Waals surface area contributed by atoms with Gasteiger partial charge in [-0.15, -0.1) is 11.3 Å². The zero-order valence-corrected chi connectivity index (χ0v) is 24.8. The van der Waals surface area contributed by atoms with E-state index < -0.39 is 0 Å². The highest BCUT2D eigenvalue weighted by Crippen LogP contribution is 2.47. The lowest BCUT2D eigenvalue weighted by Gasteiger charge is -2.22. The fraction of sp³-hybridized carbons (Fsp3) is 0.122. The summed E-state index contributed by atoms with van der Waals surface area (Å²) in [6.07, 6.45) is 2.16. The number of furan rings is 1. The molecule has 0 bridgehead atoms. The van der Waals surface area contributed by atoms with Gasteiger partial charge in [0.25, 0.3) is 0 Å². The molecule has 2 heterocycles. The minimum atomic E-state index is 0.165. The molecule has 0 N–H and O–H groups in total. The number of rotatable bonds is 3. The molecule has 43 heavy (non-hydrogen) atoms. The van der Waals surface area contributed by atoms with Gasteiger partial charge in [0, 0.05) is 48.3 Å². The summed E-state index contributed by atoms with van der Waals surface area (Å²) in [6, 6.07) is 47.0. The molecule has 8 aromatic rings. The van der Waals surface area contributed by atoms with Gasteiger partial charge in [-0.2, -0.15) is 0 Å². The van der Waals surface area contributed by atoms with Crippen molar-refractivity contribution < 1.29 is 4.42 Å². The maximum Gasteiger partial charge on any atom is 0.139 e. The number of thiophene rings is 1. The number of hydrogen-bond donors (Lipinski definition) is 0. The molecule has 0 amide bonds. The average molecular weight is 571 g/mol. The van der Waals surface area contributed by atoms with Gasteiger partial charge in [-0.05, 0) is 64.4 Å². The highest BCUT2D eigenvalue weighted by molar-refractivity contribution is 7.26. The smallest absolute Gasteiger partial charge is 0.139 e. The minimum Gasteiger partial charge on any atom is -0.456 e. The highest BCUT2D eigenvalue weighted by Gasteiger charge is 2.27. The lowest BCUT2D eigenvalue weighted by atomic mass is 9.82. The van der Waals surface area contributed by atoms with Gasteiger partial charge in [0.1, 0.15) is 11.2 Å². The van der Waals surface area contributed by atoms with Crippen LogP contribution in [0.4, 0.5) is 0 Å². The van der Waals surface area contributed by atoms with Crippen LogP contribution in [0.1, 0.15) is 53.0 Å². The molecule has 2 aromatic heterocycles. The van der Waals surface area contributed by atoms with Crippen LogP contribution < -0.4 is 0 Å². The number of aryl methyl sites for hydroxylation is 1. The molecule has 1 nitrogen and oxygen atoms in total. The Kier molecular flexibility index (Phi) is 5.61. The fourth-order valence-corrected chi connectivity index (χ4v) is 8.81. The van der Waals surface area contributed by atoms with Crippen LogP contribution in [0.3, 0.4) is 0 Å². The van der Waals surface area contributed by atoms with Gasteiger partial charge < -0.3 is 4.42 Å². The molecular formula is C41H30OS. The molecule has 0 saturated heterocycles. The number of para-hydroxylation sites is 2. The van der Waals surface area contributed by atoms with Crippen LogP contribution >= 0.6 is 11.3 Å². The van der Waals surface area contributed by atoms with E-state index in [1.54, 1.807) is 0 Å². The molecule has 9 rings (SSSR count). The number of benzene rings is 6. The first-order valence-electron chi connectivity index (χ1n) is 15.3. The van der Waals surface area contributed by atoms with Crippen LogP contribution in [0.5, 0.6) is 0 Å². The molecule has 0 aliphatic heterocycles. The summed E-state index contributed by atoms with van der Waals surface area (Å²) in [6.45, 7) is 2.36. The normalized spacial score (nSPS) is 15.5. The molecule has 1 aliphatic rings. The molecule has 0 spiro atoms. The SMILES string of the molecule is CC(c1cccc2c1oc1ccccc12)c1cc(C2CCc3ccccc3-c3ccccc32)cc2c1sc1ccccc12. The Morgan fingerprint density at radius 1 is 0.651 bits per heavy atom. The first-order valence-corrected chi connectivity index (χ1v) is 16.1. The summed E-state index contributed by atoms with van der Waals surface area (Å²) in [5, 5.41) is 5.10. The van der Waals surface area contributed by atoms with Crippen LogP contribution in [0.15, 0.2) is 132 Å². The van der Waals surface area contributed by atoms with Crippen molar-refractivity contribution >= 4 is 53.4 Å². The largest absolute Gasteiger partial charge is 0.456 e. The molecule has 206 valence electrons. The Morgan fingerprint density at radius 3 is 2.33 bits per heavy atom. The zero-order chi connectivity index (χ0) is 28.5. The first kappa shape index (κ1) is 24.9. The third-order valence-electron chi connectivity index (χ3n) is 9.65. The standard InChI is InChI=1S/C41H30OS/c1-25(28-17-10-18-35-33-15-6-8-19-38(33)42-40(28)35)36-23-27(24-37-34-16-7-9-20-39(34)43-41(36)37)30-22-21-26-11-2-3-12-29(26)31-13-4-5-14-32(30)31/h2-20,23-25,30H,21-22H2,1H3. The molecule has 6 aromatic carbocycles. The average Bonchev–Trinajstić information content (AvgIpc) is 3.58. The van der Waals surface area contributed by atoms with E-state index in [4.69, 9.17) is 4.42 Å². The van der Waals surface area contributed by atoms with E-state index in [1.807, 2.05) is 11.3 Å². The van der Waals surface area contributed by atoms with E-state index in [9.17, 15) is 0 Å². The van der Waals surface area contributed by atoms with Crippen LogP contribution in [0, 0.1) is 0 Å². The Hall–Kier alpha value is -4.66. The third-order valence-corrected chi connectivity index (χ3v) is 10.9. The van der Waals surface area contributed by atoms with Crippen LogP contribution in [0.2, 0.25) is 0 Å². The van der Waals surface area contributed by atoms with Crippen molar-refractivity contribution in [3.63, 3.8) is 0 Å². The van der Waals surface area contributed by atoms with Crippen molar-refractivity contribution in [3.8, 4) is 11.1 Å². The van der Waals surface area contributed by atoms with Crippen LogP contribution in [-0.4, -0.2) is 0 Å². The first-order chi connectivity index (χ1) is 21.2. The van der Waals surface area contributed by atoms with E-state index >= 15 is 0 Å². The summed E-state index contributed by atoms with van der Waals surface area (Å²) in [5.74, 6) is 0.484. The quantitative estimate of drug-likeness (QED) is 0.206. The Balaban J connectivity index is 1.29. The van der Waals surface area contributed by atoms with Gasteiger partial charge in [0.15, 0.2) is 0 Å². The van der Waals surface area contributed by atoms with Gasteiger partial charge >= 0.3 is 0 Å². The highest BCUT2D eigenvalue weighted by atomic mass is 32.1. The van der Waals surface area contributed by atoms with Crippen molar-refractivity contribution in [1.82, 2.24) is 0 Å². The summed E-state index contributed by atoms with van der Waals surface area (Å²) in [5.41, 5.74) is 11.6. The number of fused-ring (bicyclic) bond motifs is 9. The zero-order valence-electron chi connectivity index (χ0n) is 24.0. The van der Waals surface area contributed by atoms with Crippen molar-refractivity contribution in [2.24, 2.45) is 0 Å². The van der Waals surface area contributed by atoms with E-state index in [1.165, 1.54) is 69.9 Å². The molecule has 2 heteroatoms. The van der Waals surface area contributed by atoms with Crippen molar-refractivity contribution in [2.75, 3.05) is 0 Å². The number of hydrogen-bond acceptors (Lipinski definition) is 2. The maximum atomic E-state index is 6.55. The van der Waals surface area contributed by atoms with Crippen molar-refractivity contribution in [1.29, 1.82) is 0 Å². The lowest BCUT2D eigenvalue weighted by Crippen LogP contribution is -2.05. The van der Waals surface area contributed by atoms with Gasteiger partial charge in [-0.25, -0.2) is 0 Å². The van der Waals surface area contributed by atoms with Gasteiger partial charge in [0.2, 0.25) is 0 Å². The second-order valence-electron chi connectivity index (χ2n) is 12.0. The topological polar surface area (TPSA) is 13.1 Å². The van der Waals surface area contributed by atoms with Crippen molar-refractivity contribution in [2.45, 2.75) is 31.6 Å². The monoisotopic (exact) mass is 570 g/mol. The van der Waals surface area contributed by atoms with Crippen molar-refractivity contribution in [3.05, 3.63) is 155 Å². The minimum absolute atomic E-state index is 0.165. The maximum absolute atomic E-state index is 6.55. The second-order valence-corrected chi connectivity index (χ2v) is 13.0. The van der Waals surface area contributed by atoms with Crippen LogP contribution in [0.25, 0.3) is 53.2 Å². The van der Waals surface area contributed by atoms with Gasteiger partial charge in [0.05, 0.1) is 0 Å². The van der Waals surface area contributed by atoms with E-state index in [0.29, 0.717) is 5.92 Å². The molecule has 0 fully saturated rings. The van der Waals surface area contributed by atoms with E-state index in [2.05, 4.69) is 134 Å². The predicted molar refractivity (Wildman–Crippen MR) is 183 cm³/mol. The Morgan fingerprint density at radius 2 is 1.40 bits per heavy atom. The molecular weight excluding hydrogens is 541 g/mol. The second kappa shape index (κ2) is 9.69. The van der Waals surface area contributed by atoms with E-state index in [0.717, 1.165) is 24.0 Å². The Labute approximate surface area is 255 Å². The molecule has 1 aliphatic carbocycles. The third kappa shape index (κ3) is 3.83.